The molecular weight excluding hydrogens is 272 g/mol. The number of hydrogen-bond donors (Lipinski definition) is 1. The van der Waals surface area contributed by atoms with Crippen molar-refractivity contribution in [2.75, 3.05) is 5.73 Å². The Bertz CT molecular complexity index is 864. The molecule has 0 fully saturated rings. The molecule has 22 heavy (non-hydrogen) atoms. The van der Waals surface area contributed by atoms with Crippen molar-refractivity contribution >= 4 is 5.82 Å². The number of nitrogen functional groups attached to an aromatic ring is 1. The van der Waals surface area contributed by atoms with Gasteiger partial charge in [0.1, 0.15) is 6.07 Å². The summed E-state index contributed by atoms with van der Waals surface area (Å²) in [5.41, 5.74) is 10.3. The summed E-state index contributed by atoms with van der Waals surface area (Å²) in [6.07, 6.45) is 0. The van der Waals surface area contributed by atoms with Gasteiger partial charge in [0.2, 0.25) is 0 Å². The molecule has 1 heterocycles. The van der Waals surface area contributed by atoms with E-state index in [1.807, 2.05) is 67.6 Å². The molecule has 0 atom stereocenters. The normalized spacial score (nSPS) is 10.2. The number of nitrogens with two attached hydrogens (primary N) is 1. The first kappa shape index (κ1) is 13.8. The molecule has 0 saturated carbocycles. The molecule has 0 amide bonds. The van der Waals surface area contributed by atoms with E-state index >= 15 is 0 Å². The minimum Gasteiger partial charge on any atom is -0.381 e. The highest BCUT2D eigenvalue weighted by molar-refractivity contribution is 5.79. The molecule has 0 spiro atoms. The van der Waals surface area contributed by atoms with Gasteiger partial charge in [-0.2, -0.15) is 5.26 Å². The highest BCUT2D eigenvalue weighted by atomic mass is 14.9. The van der Waals surface area contributed by atoms with Crippen LogP contribution in [0.2, 0.25) is 0 Å². The van der Waals surface area contributed by atoms with E-state index in [2.05, 4.69) is 9.97 Å². The molecule has 2 N–H and O–H groups in total. The fraction of sp³-hybridized carbons (Fsp3) is 0.0556. The van der Waals surface area contributed by atoms with E-state index in [1.54, 1.807) is 0 Å². The number of nitrogens with zero attached hydrogens (tertiary/aromatic N) is 3. The largest absolute Gasteiger partial charge is 0.381 e. The summed E-state index contributed by atoms with van der Waals surface area (Å²) in [4.78, 5) is 8.84. The lowest BCUT2D eigenvalue weighted by molar-refractivity contribution is 1.18. The van der Waals surface area contributed by atoms with Crippen molar-refractivity contribution in [2.45, 2.75) is 6.92 Å². The van der Waals surface area contributed by atoms with Gasteiger partial charge in [-0.15, -0.1) is 0 Å². The van der Waals surface area contributed by atoms with Crippen molar-refractivity contribution in [1.82, 2.24) is 9.97 Å². The maximum absolute atomic E-state index is 9.16. The lowest BCUT2D eigenvalue weighted by Crippen LogP contribution is -2.03. The fourth-order valence-corrected chi connectivity index (χ4v) is 2.32. The summed E-state index contributed by atoms with van der Waals surface area (Å²) < 4.78 is 0. The Labute approximate surface area is 128 Å². The highest BCUT2D eigenvalue weighted by Crippen LogP contribution is 2.30. The number of anilines is 1. The minimum atomic E-state index is 0.148. The van der Waals surface area contributed by atoms with Gasteiger partial charge in [0.05, 0.1) is 11.4 Å². The summed E-state index contributed by atoms with van der Waals surface area (Å²) >= 11 is 0. The molecule has 0 bridgehead atoms. The number of aromatic nitrogens is 2. The average molecular weight is 286 g/mol. The van der Waals surface area contributed by atoms with Crippen LogP contribution in [0.1, 0.15) is 11.3 Å². The zero-order valence-corrected chi connectivity index (χ0v) is 12.1. The first-order chi connectivity index (χ1) is 10.7. The summed E-state index contributed by atoms with van der Waals surface area (Å²) in [6.45, 7) is 2.02. The number of hydrogen-bond acceptors (Lipinski definition) is 4. The van der Waals surface area contributed by atoms with E-state index < -0.39 is 0 Å². The third-order valence-electron chi connectivity index (χ3n) is 3.37. The average Bonchev–Trinajstić information content (AvgIpc) is 2.55. The molecule has 0 aliphatic rings. The Morgan fingerprint density at radius 3 is 2.27 bits per heavy atom. The molecule has 0 aliphatic carbocycles. The second-order valence-electron chi connectivity index (χ2n) is 5.00. The second-order valence-corrected chi connectivity index (χ2v) is 5.00. The third kappa shape index (κ3) is 2.52. The van der Waals surface area contributed by atoms with Gasteiger partial charge in [0.25, 0.3) is 0 Å². The Hall–Kier alpha value is -3.19. The Morgan fingerprint density at radius 1 is 0.909 bits per heavy atom. The molecule has 0 radical (unpaired) electrons. The molecule has 0 aliphatic heterocycles. The first-order valence-corrected chi connectivity index (χ1v) is 6.89. The SMILES string of the molecule is Cc1cccc(-c2nc(N)c(C#N)nc2-c2ccccc2)c1. The molecular formula is C18H14N4. The lowest BCUT2D eigenvalue weighted by atomic mass is 10.0. The highest BCUT2D eigenvalue weighted by Gasteiger charge is 2.15. The van der Waals surface area contributed by atoms with Gasteiger partial charge in [0.15, 0.2) is 11.5 Å². The molecule has 106 valence electrons. The Kier molecular flexibility index (Phi) is 3.55. The quantitative estimate of drug-likeness (QED) is 0.781. The summed E-state index contributed by atoms with van der Waals surface area (Å²) in [5.74, 6) is 0.152. The van der Waals surface area contributed by atoms with Crippen molar-refractivity contribution in [3.8, 4) is 28.6 Å². The van der Waals surface area contributed by atoms with Crippen LogP contribution < -0.4 is 5.73 Å². The van der Waals surface area contributed by atoms with Crippen molar-refractivity contribution in [2.24, 2.45) is 0 Å². The number of rotatable bonds is 2. The van der Waals surface area contributed by atoms with Crippen molar-refractivity contribution in [3.63, 3.8) is 0 Å². The van der Waals surface area contributed by atoms with E-state index in [1.165, 1.54) is 0 Å². The molecule has 4 nitrogen and oxygen atoms in total. The van der Waals surface area contributed by atoms with E-state index in [-0.39, 0.29) is 11.5 Å². The predicted octanol–water partition coefficient (Wildman–Crippen LogP) is 3.57. The predicted molar refractivity (Wildman–Crippen MR) is 86.8 cm³/mol. The van der Waals surface area contributed by atoms with E-state index in [4.69, 9.17) is 11.0 Å². The molecule has 3 rings (SSSR count). The van der Waals surface area contributed by atoms with Crippen LogP contribution in [0.25, 0.3) is 22.5 Å². The minimum absolute atomic E-state index is 0.148. The van der Waals surface area contributed by atoms with Gasteiger partial charge in [-0.3, -0.25) is 0 Å². The van der Waals surface area contributed by atoms with Crippen LogP contribution in [0.3, 0.4) is 0 Å². The van der Waals surface area contributed by atoms with E-state index in [0.717, 1.165) is 16.7 Å². The standard InChI is InChI=1S/C18H14N4/c1-12-6-5-9-14(10-12)17-16(13-7-3-2-4-8-13)21-15(11-19)18(20)22-17/h2-10H,1H3,(H2,20,22). The Balaban J connectivity index is 2.29. The third-order valence-corrected chi connectivity index (χ3v) is 3.37. The van der Waals surface area contributed by atoms with Gasteiger partial charge >= 0.3 is 0 Å². The van der Waals surface area contributed by atoms with Crippen LogP contribution in [-0.4, -0.2) is 9.97 Å². The van der Waals surface area contributed by atoms with Crippen LogP contribution in [0, 0.1) is 18.3 Å². The maximum Gasteiger partial charge on any atom is 0.183 e. The van der Waals surface area contributed by atoms with Gasteiger partial charge in [-0.05, 0) is 13.0 Å². The van der Waals surface area contributed by atoms with Crippen molar-refractivity contribution < 1.29 is 0 Å². The molecule has 1 aromatic heterocycles. The van der Waals surface area contributed by atoms with Crippen LogP contribution in [0.5, 0.6) is 0 Å². The number of benzene rings is 2. The molecule has 2 aromatic carbocycles. The Morgan fingerprint density at radius 2 is 1.59 bits per heavy atom. The van der Waals surface area contributed by atoms with Crippen molar-refractivity contribution in [3.05, 3.63) is 65.9 Å². The topological polar surface area (TPSA) is 75.6 Å². The monoisotopic (exact) mass is 286 g/mol. The van der Waals surface area contributed by atoms with Crippen LogP contribution >= 0.6 is 0 Å². The molecule has 3 aromatic rings. The fourth-order valence-electron chi connectivity index (χ4n) is 2.32. The van der Waals surface area contributed by atoms with Gasteiger partial charge in [0, 0.05) is 11.1 Å². The molecule has 4 heteroatoms. The molecule has 0 unspecified atom stereocenters. The number of aryl methyl sites for hydroxylation is 1. The van der Waals surface area contributed by atoms with Crippen LogP contribution in [-0.2, 0) is 0 Å². The van der Waals surface area contributed by atoms with Gasteiger partial charge in [-0.25, -0.2) is 9.97 Å². The zero-order chi connectivity index (χ0) is 15.5. The van der Waals surface area contributed by atoms with Gasteiger partial charge in [-0.1, -0.05) is 54.1 Å². The summed E-state index contributed by atoms with van der Waals surface area (Å²) in [7, 11) is 0. The van der Waals surface area contributed by atoms with Crippen LogP contribution in [0.4, 0.5) is 5.82 Å². The summed E-state index contributed by atoms with van der Waals surface area (Å²) in [6, 6.07) is 19.7. The zero-order valence-electron chi connectivity index (χ0n) is 12.1. The van der Waals surface area contributed by atoms with Crippen LogP contribution in [0.15, 0.2) is 54.6 Å². The van der Waals surface area contributed by atoms with E-state index in [0.29, 0.717) is 11.4 Å². The summed E-state index contributed by atoms with van der Waals surface area (Å²) in [5, 5.41) is 9.16. The van der Waals surface area contributed by atoms with Gasteiger partial charge < -0.3 is 5.73 Å². The molecule has 0 saturated heterocycles. The number of nitriles is 1. The smallest absolute Gasteiger partial charge is 0.183 e. The van der Waals surface area contributed by atoms with E-state index in [9.17, 15) is 0 Å². The lowest BCUT2D eigenvalue weighted by Gasteiger charge is -2.11. The van der Waals surface area contributed by atoms with Crippen molar-refractivity contribution in [1.29, 1.82) is 5.26 Å². The second kappa shape index (κ2) is 5.66. The first-order valence-electron chi connectivity index (χ1n) is 6.89. The maximum atomic E-state index is 9.16.